The molecule has 1 saturated heterocycles. The van der Waals surface area contributed by atoms with Crippen LogP contribution in [0.4, 0.5) is 0 Å². The topological polar surface area (TPSA) is 78.6 Å². The van der Waals surface area contributed by atoms with Crippen LogP contribution in [0.25, 0.3) is 0 Å². The molecule has 1 aliphatic rings. The van der Waals surface area contributed by atoms with Gasteiger partial charge in [-0.1, -0.05) is 17.7 Å². The summed E-state index contributed by atoms with van der Waals surface area (Å²) in [6.45, 7) is 4.72. The van der Waals surface area contributed by atoms with Gasteiger partial charge in [0.25, 0.3) is 5.91 Å². The number of aromatic nitrogens is 1. The van der Waals surface area contributed by atoms with Crippen LogP contribution in [0.2, 0.25) is 0 Å². The summed E-state index contributed by atoms with van der Waals surface area (Å²) in [5, 5.41) is 0. The average Bonchev–Trinajstić information content (AvgIpc) is 2.68. The number of aryl methyl sites for hydroxylation is 1. The Morgan fingerprint density at radius 2 is 1.68 bits per heavy atom. The zero-order valence-corrected chi connectivity index (χ0v) is 16.9. The Morgan fingerprint density at radius 1 is 1.04 bits per heavy atom. The first-order valence-corrected chi connectivity index (χ1v) is 10.6. The van der Waals surface area contributed by atoms with Crippen LogP contribution in [0.1, 0.15) is 22.8 Å². The van der Waals surface area contributed by atoms with Crippen molar-refractivity contribution in [2.45, 2.75) is 25.3 Å². The Kier molecular flexibility index (Phi) is 5.90. The van der Waals surface area contributed by atoms with Crippen molar-refractivity contribution in [3.8, 4) is 0 Å². The lowest BCUT2D eigenvalue weighted by molar-refractivity contribution is -0.685. The highest BCUT2D eigenvalue weighted by atomic mass is 32.2. The molecular weight excluding hydrogens is 378 g/mol. The smallest absolute Gasteiger partial charge is 0.288 e. The second kappa shape index (κ2) is 8.20. The van der Waals surface area contributed by atoms with Crippen LogP contribution < -0.4 is 4.57 Å². The van der Waals surface area contributed by atoms with E-state index in [1.165, 1.54) is 11.2 Å². The molecule has 0 radical (unpaired) electrons. The lowest BCUT2D eigenvalue weighted by Crippen LogP contribution is -2.53. The van der Waals surface area contributed by atoms with Crippen LogP contribution in [0.15, 0.2) is 53.7 Å². The van der Waals surface area contributed by atoms with Crippen molar-refractivity contribution < 1.29 is 22.6 Å². The Bertz CT molecular complexity index is 979. The maximum Gasteiger partial charge on any atom is 0.288 e. The number of benzene rings is 1. The number of amides is 1. The fourth-order valence-corrected chi connectivity index (χ4v) is 4.54. The quantitative estimate of drug-likeness (QED) is 0.553. The van der Waals surface area contributed by atoms with Crippen LogP contribution in [-0.4, -0.2) is 55.5 Å². The molecule has 2 heterocycles. The van der Waals surface area contributed by atoms with Gasteiger partial charge in [0, 0.05) is 32.2 Å². The number of carbonyl (C=O) groups is 2. The molecule has 0 atom stereocenters. The predicted molar refractivity (Wildman–Crippen MR) is 103 cm³/mol. The molecule has 0 aliphatic carbocycles. The van der Waals surface area contributed by atoms with Crippen molar-refractivity contribution in [3.63, 3.8) is 0 Å². The van der Waals surface area contributed by atoms with Gasteiger partial charge >= 0.3 is 0 Å². The van der Waals surface area contributed by atoms with Gasteiger partial charge in [-0.15, -0.1) is 0 Å². The first-order valence-electron chi connectivity index (χ1n) is 9.12. The molecule has 1 aromatic heterocycles. The van der Waals surface area contributed by atoms with E-state index in [0.29, 0.717) is 18.7 Å². The minimum absolute atomic E-state index is 0.0586. The largest absolute Gasteiger partial charge is 0.335 e. The summed E-state index contributed by atoms with van der Waals surface area (Å²) in [6, 6.07) is 10.2. The molecule has 0 bridgehead atoms. The maximum atomic E-state index is 12.8. The molecule has 28 heavy (non-hydrogen) atoms. The lowest BCUT2D eigenvalue weighted by Gasteiger charge is -2.33. The molecule has 0 N–H and O–H groups in total. The molecule has 1 fully saturated rings. The highest BCUT2D eigenvalue weighted by Crippen LogP contribution is 2.18. The number of piperazine rings is 1. The van der Waals surface area contributed by atoms with E-state index < -0.39 is 10.0 Å². The molecule has 3 rings (SSSR count). The van der Waals surface area contributed by atoms with E-state index in [2.05, 4.69) is 0 Å². The zero-order chi connectivity index (χ0) is 20.3. The van der Waals surface area contributed by atoms with Crippen LogP contribution in [-0.2, 0) is 21.4 Å². The number of hydrogen-bond acceptors (Lipinski definition) is 4. The second-order valence-electron chi connectivity index (χ2n) is 6.92. The molecule has 0 saturated carbocycles. The fraction of sp³-hybridized carbons (Fsp3) is 0.350. The van der Waals surface area contributed by atoms with E-state index in [0.717, 1.165) is 5.56 Å². The highest BCUT2D eigenvalue weighted by Gasteiger charge is 2.31. The summed E-state index contributed by atoms with van der Waals surface area (Å²) >= 11 is 0. The molecular formula is C20H24N3O4S+. The third-order valence-corrected chi connectivity index (χ3v) is 6.75. The summed E-state index contributed by atoms with van der Waals surface area (Å²) in [6.07, 6.45) is 3.39. The Hall–Kier alpha value is -2.58. The standard InChI is InChI=1S/C20H24N3O4S/c1-16-5-7-19(8-6-16)28(26,27)23-12-10-22(11-13-23)20(25)15-21-9-3-4-18(14-21)17(2)24/h3-9,14H,10-13,15H2,1-2H3/q+1. The van der Waals surface area contributed by atoms with Gasteiger partial charge in [-0.3, -0.25) is 9.59 Å². The first-order chi connectivity index (χ1) is 13.3. The summed E-state index contributed by atoms with van der Waals surface area (Å²) in [4.78, 5) is 26.0. The summed E-state index contributed by atoms with van der Waals surface area (Å²) in [7, 11) is -3.55. The van der Waals surface area contributed by atoms with E-state index >= 15 is 0 Å². The van der Waals surface area contributed by atoms with Crippen molar-refractivity contribution in [2.75, 3.05) is 26.2 Å². The predicted octanol–water partition coefficient (Wildman–Crippen LogP) is 1.02. The number of nitrogens with zero attached hydrogens (tertiary/aromatic N) is 3. The number of carbonyl (C=O) groups excluding carboxylic acids is 2. The van der Waals surface area contributed by atoms with Gasteiger partial charge in [0.1, 0.15) is 0 Å². The first kappa shape index (κ1) is 20.2. The van der Waals surface area contributed by atoms with Gasteiger partial charge < -0.3 is 4.90 Å². The van der Waals surface area contributed by atoms with Crippen LogP contribution in [0.3, 0.4) is 0 Å². The molecule has 148 valence electrons. The van der Waals surface area contributed by atoms with Crippen LogP contribution in [0.5, 0.6) is 0 Å². The number of rotatable bonds is 5. The maximum absolute atomic E-state index is 12.8. The number of hydrogen-bond donors (Lipinski definition) is 0. The van der Waals surface area contributed by atoms with Gasteiger partial charge in [0.05, 0.1) is 10.5 Å². The summed E-state index contributed by atoms with van der Waals surface area (Å²) in [5.41, 5.74) is 1.55. The number of pyridine rings is 1. The Morgan fingerprint density at radius 3 is 2.29 bits per heavy atom. The number of sulfonamides is 1. The van der Waals surface area contributed by atoms with Crippen molar-refractivity contribution in [1.82, 2.24) is 9.21 Å². The molecule has 1 amide bonds. The normalized spacial score (nSPS) is 15.4. The van der Waals surface area contributed by atoms with Crippen LogP contribution >= 0.6 is 0 Å². The van der Waals surface area contributed by atoms with Gasteiger partial charge in [0.15, 0.2) is 18.2 Å². The van der Waals surface area contributed by atoms with E-state index in [1.54, 1.807) is 58.3 Å². The average molecular weight is 402 g/mol. The Balaban J connectivity index is 1.62. The van der Waals surface area contributed by atoms with Crippen molar-refractivity contribution in [2.24, 2.45) is 0 Å². The third kappa shape index (κ3) is 4.45. The number of Topliss-reactive ketones (excluding diaryl/α,β-unsaturated/α-hetero) is 1. The SMILES string of the molecule is CC(=O)c1ccc[n+](CC(=O)N2CCN(S(=O)(=O)c3ccc(C)cc3)CC2)c1. The minimum atomic E-state index is -3.55. The third-order valence-electron chi connectivity index (χ3n) is 4.83. The van der Waals surface area contributed by atoms with Gasteiger partial charge in [-0.2, -0.15) is 8.87 Å². The highest BCUT2D eigenvalue weighted by molar-refractivity contribution is 7.89. The minimum Gasteiger partial charge on any atom is -0.335 e. The van der Waals surface area contributed by atoms with Gasteiger partial charge in [0.2, 0.25) is 16.6 Å². The van der Waals surface area contributed by atoms with Gasteiger partial charge in [-0.05, 0) is 32.0 Å². The monoisotopic (exact) mass is 402 g/mol. The van der Waals surface area contributed by atoms with Crippen LogP contribution in [0, 0.1) is 6.92 Å². The number of ketones is 1. The molecule has 0 unspecified atom stereocenters. The zero-order valence-electron chi connectivity index (χ0n) is 16.0. The molecule has 1 aliphatic heterocycles. The second-order valence-corrected chi connectivity index (χ2v) is 8.86. The lowest BCUT2D eigenvalue weighted by atomic mass is 10.2. The molecule has 0 spiro atoms. The van der Waals surface area contributed by atoms with E-state index in [-0.39, 0.29) is 36.2 Å². The van der Waals surface area contributed by atoms with Crippen molar-refractivity contribution in [1.29, 1.82) is 0 Å². The van der Waals surface area contributed by atoms with Crippen molar-refractivity contribution >= 4 is 21.7 Å². The van der Waals surface area contributed by atoms with E-state index in [9.17, 15) is 18.0 Å². The van der Waals surface area contributed by atoms with Gasteiger partial charge in [-0.25, -0.2) is 8.42 Å². The summed E-state index contributed by atoms with van der Waals surface area (Å²) < 4.78 is 28.6. The van der Waals surface area contributed by atoms with E-state index in [1.807, 2.05) is 6.92 Å². The Labute approximate surface area is 165 Å². The molecule has 7 nitrogen and oxygen atoms in total. The molecule has 8 heteroatoms. The molecule has 2 aromatic rings. The van der Waals surface area contributed by atoms with Crippen molar-refractivity contribution in [3.05, 3.63) is 59.9 Å². The summed E-state index contributed by atoms with van der Waals surface area (Å²) in [5.74, 6) is -0.158. The molecule has 1 aromatic carbocycles. The fourth-order valence-electron chi connectivity index (χ4n) is 3.12. The van der Waals surface area contributed by atoms with E-state index in [4.69, 9.17) is 0 Å².